The zero-order valence-corrected chi connectivity index (χ0v) is 41.9. The van der Waals surface area contributed by atoms with E-state index in [1.54, 1.807) is 19.1 Å². The van der Waals surface area contributed by atoms with Crippen LogP contribution < -0.4 is 29.5 Å². The van der Waals surface area contributed by atoms with Crippen molar-refractivity contribution in [1.29, 1.82) is 0 Å². The number of carbonyl (C=O) groups is 1. The first kappa shape index (κ1) is 49.5. The molecule has 376 valence electrons. The third-order valence-electron chi connectivity index (χ3n) is 15.3. The van der Waals surface area contributed by atoms with Gasteiger partial charge < -0.3 is 45.0 Å². The largest absolute Gasteiger partial charge is 0.758 e. The summed E-state index contributed by atoms with van der Waals surface area (Å²) in [7, 11) is -1.12. The number of hydrogen-bond acceptors (Lipinski definition) is 14. The van der Waals surface area contributed by atoms with Crippen molar-refractivity contribution in [2.24, 2.45) is 11.3 Å². The average molecular weight is 981 g/mol. The van der Waals surface area contributed by atoms with Crippen LogP contribution in [0.1, 0.15) is 113 Å². The number of aromatic nitrogens is 3. The van der Waals surface area contributed by atoms with Crippen molar-refractivity contribution in [3.05, 3.63) is 94.7 Å². The number of pyridine rings is 2. The number of fused-ring (bicyclic) bond motifs is 1. The standard InChI is InChI=1S/C52H67FN9O7S/c1-7-68-50-46(26-41-42(53)31-56-47(41)57-50)69-45-24-35(61-20-18-52(19-21-61)27-36(28-52)62-23-22-59(5)32-44(62)39-11-9-8-10-38(39)33(2)3)12-13-40(45)49(63)58-70(66,67)37-25-43(60(6)65)48(55-30-37)54-29-34-14-16-51(4,64)17-15-34/h8-13,24-26,30-31,33-34,36,44,64H,7,14-23,27-29,32H2,1-6H3,(H,54,55)(H,56,57)(H,58,63)/q-1/t34?,44-,51?/m0/s1. The Hall–Kier alpha value is -5.53. The Bertz CT molecular complexity index is 2800. The number of carbonyl (C=O) groups excluding carboxylic acids is 1. The van der Waals surface area contributed by atoms with Crippen LogP contribution in [0.25, 0.3) is 11.0 Å². The molecule has 2 aromatic carbocycles. The molecule has 9 rings (SSSR count). The number of amides is 1. The molecule has 1 amide bonds. The summed E-state index contributed by atoms with van der Waals surface area (Å²) in [6.45, 7) is 13.5. The van der Waals surface area contributed by atoms with Gasteiger partial charge in [0.15, 0.2) is 5.75 Å². The third-order valence-corrected chi connectivity index (χ3v) is 16.6. The number of nitrogens with zero attached hydrogens (tertiary/aromatic N) is 6. The minimum absolute atomic E-state index is 0.0110. The van der Waals surface area contributed by atoms with Crippen molar-refractivity contribution >= 4 is 44.2 Å². The van der Waals surface area contributed by atoms with E-state index in [4.69, 9.17) is 9.47 Å². The van der Waals surface area contributed by atoms with E-state index in [1.165, 1.54) is 42.6 Å². The second kappa shape index (κ2) is 19.9. The molecule has 1 atom stereocenters. The first-order valence-corrected chi connectivity index (χ1v) is 26.2. The quantitative estimate of drug-likeness (QED) is 0.0730. The summed E-state index contributed by atoms with van der Waals surface area (Å²) >= 11 is 0. The smallest absolute Gasteiger partial charge is 0.268 e. The van der Waals surface area contributed by atoms with Crippen LogP contribution in [0.15, 0.2) is 71.9 Å². The summed E-state index contributed by atoms with van der Waals surface area (Å²) in [5.41, 5.74) is 3.29. The first-order valence-electron chi connectivity index (χ1n) is 24.8. The monoisotopic (exact) mass is 980 g/mol. The Labute approximate surface area is 410 Å². The predicted molar refractivity (Wildman–Crippen MR) is 270 cm³/mol. The maximum Gasteiger partial charge on any atom is 0.268 e. The Kier molecular flexibility index (Phi) is 14.1. The second-order valence-electron chi connectivity index (χ2n) is 20.7. The fourth-order valence-corrected chi connectivity index (χ4v) is 12.1. The fraction of sp³-hybridized carbons (Fsp3) is 0.519. The number of likely N-dealkylation sites (N-methyl/N-ethyl adjacent to an activating group) is 1. The van der Waals surface area contributed by atoms with Gasteiger partial charge in [-0.1, -0.05) is 38.1 Å². The van der Waals surface area contributed by atoms with Crippen LogP contribution in [0.2, 0.25) is 0 Å². The van der Waals surface area contributed by atoms with Crippen LogP contribution in [-0.4, -0.2) is 116 Å². The summed E-state index contributed by atoms with van der Waals surface area (Å²) < 4.78 is 57.2. The van der Waals surface area contributed by atoms with Crippen LogP contribution in [-0.2, 0) is 10.0 Å². The van der Waals surface area contributed by atoms with Gasteiger partial charge in [0, 0.05) is 81.6 Å². The van der Waals surface area contributed by atoms with Gasteiger partial charge in [-0.15, -0.1) is 0 Å². The van der Waals surface area contributed by atoms with Gasteiger partial charge in [0.2, 0.25) is 0 Å². The van der Waals surface area contributed by atoms with Crippen LogP contribution in [0, 0.1) is 22.4 Å². The van der Waals surface area contributed by atoms with Crippen LogP contribution in [0.4, 0.5) is 21.6 Å². The number of aromatic amines is 1. The highest BCUT2D eigenvalue weighted by Gasteiger charge is 2.50. The summed E-state index contributed by atoms with van der Waals surface area (Å²) in [6, 6.07) is 17.4. The Balaban J connectivity index is 0.937. The summed E-state index contributed by atoms with van der Waals surface area (Å²) in [5.74, 6) is -0.563. The molecule has 3 aromatic heterocycles. The molecule has 18 heteroatoms. The second-order valence-corrected chi connectivity index (χ2v) is 22.4. The molecule has 1 spiro atoms. The highest BCUT2D eigenvalue weighted by Crippen LogP contribution is 2.53. The lowest BCUT2D eigenvalue weighted by Crippen LogP contribution is -2.59. The van der Waals surface area contributed by atoms with E-state index in [9.17, 15) is 27.9 Å². The number of sulfonamides is 1. The molecule has 4 aliphatic rings. The highest BCUT2D eigenvalue weighted by molar-refractivity contribution is 7.90. The molecule has 0 bridgehead atoms. The first-order chi connectivity index (χ1) is 33.4. The number of rotatable bonds is 15. The Morgan fingerprint density at radius 1 is 1.04 bits per heavy atom. The number of aliphatic hydroxyl groups is 1. The van der Waals surface area contributed by atoms with Crippen molar-refractivity contribution < 1.29 is 32.2 Å². The molecule has 0 radical (unpaired) electrons. The number of nitrogens with one attached hydrogen (secondary N) is 3. The van der Waals surface area contributed by atoms with Crippen molar-refractivity contribution in [1.82, 2.24) is 29.5 Å². The van der Waals surface area contributed by atoms with Gasteiger partial charge in [-0.25, -0.2) is 22.5 Å². The summed E-state index contributed by atoms with van der Waals surface area (Å²) in [4.78, 5) is 32.9. The normalized spacial score (nSPS) is 22.3. The lowest BCUT2D eigenvalue weighted by molar-refractivity contribution is -0.0584. The SMILES string of the molecule is CCOc1nc2[nH]cc(F)c2cc1Oc1cc(N2CCC3(CC2)CC(N2CCN(C)C[C@H]2c2ccccc2C(C)C)C3)ccc1C(=O)NS(=O)(=O)c1cnc(NCC2CCC(C)(O)CC2)c(N(C)[O-])c1. The zero-order valence-electron chi connectivity index (χ0n) is 41.1. The number of hydrogen-bond donors (Lipinski definition) is 4. The van der Waals surface area contributed by atoms with E-state index < -0.39 is 32.2 Å². The van der Waals surface area contributed by atoms with Gasteiger partial charge >= 0.3 is 0 Å². The molecule has 2 aliphatic carbocycles. The van der Waals surface area contributed by atoms with E-state index in [2.05, 4.69) is 84.9 Å². The van der Waals surface area contributed by atoms with Gasteiger partial charge in [0.25, 0.3) is 21.8 Å². The number of piperidine rings is 1. The van der Waals surface area contributed by atoms with E-state index in [-0.39, 0.29) is 63.4 Å². The molecule has 5 aromatic rings. The maximum atomic E-state index is 14.9. The minimum Gasteiger partial charge on any atom is -0.758 e. The molecule has 2 aliphatic heterocycles. The third kappa shape index (κ3) is 10.4. The number of hydroxylamine groups is 1. The molecule has 16 nitrogen and oxygen atoms in total. The topological polar surface area (TPSA) is 192 Å². The lowest BCUT2D eigenvalue weighted by atomic mass is 9.59. The van der Waals surface area contributed by atoms with E-state index in [1.807, 2.05) is 6.92 Å². The van der Waals surface area contributed by atoms with Gasteiger partial charge in [-0.05, 0) is 126 Å². The highest BCUT2D eigenvalue weighted by atomic mass is 32.2. The van der Waals surface area contributed by atoms with Gasteiger partial charge in [0.1, 0.15) is 27.9 Å². The van der Waals surface area contributed by atoms with E-state index in [0.29, 0.717) is 42.5 Å². The van der Waals surface area contributed by atoms with Gasteiger partial charge in [0.05, 0.1) is 28.8 Å². The number of H-pyrrole nitrogens is 1. The van der Waals surface area contributed by atoms with E-state index >= 15 is 0 Å². The molecule has 0 unspecified atom stereocenters. The number of anilines is 3. The molecule has 2 saturated carbocycles. The van der Waals surface area contributed by atoms with Crippen LogP contribution in [0.5, 0.6) is 17.4 Å². The van der Waals surface area contributed by atoms with Crippen LogP contribution in [0.3, 0.4) is 0 Å². The maximum absolute atomic E-state index is 14.9. The number of ether oxygens (including phenoxy) is 2. The number of benzene rings is 2. The summed E-state index contributed by atoms with van der Waals surface area (Å²) in [5, 5.41) is 27.0. The lowest BCUT2D eigenvalue weighted by Gasteiger charge is -2.58. The zero-order chi connectivity index (χ0) is 49.5. The molecule has 5 heterocycles. The van der Waals surface area contributed by atoms with Crippen molar-refractivity contribution in [2.45, 2.75) is 108 Å². The predicted octanol–water partition coefficient (Wildman–Crippen LogP) is 8.55. The molecule has 70 heavy (non-hydrogen) atoms. The molecule has 2 saturated heterocycles. The molecular weight excluding hydrogens is 914 g/mol. The average Bonchev–Trinajstić information content (AvgIpc) is 3.68. The van der Waals surface area contributed by atoms with Crippen molar-refractivity contribution in [3.8, 4) is 17.4 Å². The minimum atomic E-state index is -4.59. The number of piperazine rings is 1. The Morgan fingerprint density at radius 2 is 1.79 bits per heavy atom. The molecule has 4 N–H and O–H groups in total. The van der Waals surface area contributed by atoms with Crippen molar-refractivity contribution in [3.63, 3.8) is 0 Å². The number of halogens is 1. The molecule has 4 fully saturated rings. The van der Waals surface area contributed by atoms with Gasteiger partial charge in [-0.3, -0.25) is 9.69 Å². The van der Waals surface area contributed by atoms with E-state index in [0.717, 1.165) is 83.1 Å². The molecular formula is C52H67FN9O7S-. The summed E-state index contributed by atoms with van der Waals surface area (Å²) in [6.07, 6.45) is 9.46. The Morgan fingerprint density at radius 3 is 2.50 bits per heavy atom. The van der Waals surface area contributed by atoms with Crippen molar-refractivity contribution in [2.75, 3.05) is 75.3 Å². The van der Waals surface area contributed by atoms with Crippen LogP contribution >= 0.6 is 0 Å². The van der Waals surface area contributed by atoms with Gasteiger partial charge in [-0.2, -0.15) is 4.98 Å². The fourth-order valence-electron chi connectivity index (χ4n) is 11.1.